The van der Waals surface area contributed by atoms with Crippen molar-refractivity contribution < 1.29 is 9.47 Å². The third kappa shape index (κ3) is 3.54. The molecule has 1 aromatic carbocycles. The van der Waals surface area contributed by atoms with E-state index in [-0.39, 0.29) is 0 Å². The minimum Gasteiger partial charge on any atom is -0.379 e. The SMILES string of the molecule is CCOCCOCCc1nc2ccccc2[nH]1. The van der Waals surface area contributed by atoms with Crippen molar-refractivity contribution in [3.05, 3.63) is 30.1 Å². The van der Waals surface area contributed by atoms with Crippen molar-refractivity contribution in [1.29, 1.82) is 0 Å². The van der Waals surface area contributed by atoms with E-state index in [4.69, 9.17) is 9.47 Å². The average molecular weight is 234 g/mol. The molecule has 2 aromatic rings. The smallest absolute Gasteiger partial charge is 0.109 e. The number of para-hydroxylation sites is 2. The Morgan fingerprint density at radius 1 is 1.12 bits per heavy atom. The summed E-state index contributed by atoms with van der Waals surface area (Å²) in [5, 5.41) is 0. The van der Waals surface area contributed by atoms with Gasteiger partial charge in [-0.3, -0.25) is 0 Å². The van der Waals surface area contributed by atoms with Gasteiger partial charge in [0.25, 0.3) is 0 Å². The van der Waals surface area contributed by atoms with Crippen molar-refractivity contribution in [3.63, 3.8) is 0 Å². The Labute approximate surface area is 101 Å². The average Bonchev–Trinajstić information content (AvgIpc) is 2.76. The highest BCUT2D eigenvalue weighted by Crippen LogP contribution is 2.10. The molecule has 0 aliphatic rings. The summed E-state index contributed by atoms with van der Waals surface area (Å²) in [6.45, 7) is 4.71. The molecule has 0 aliphatic carbocycles. The molecule has 4 heteroatoms. The van der Waals surface area contributed by atoms with Crippen molar-refractivity contribution in [1.82, 2.24) is 9.97 Å². The fourth-order valence-corrected chi connectivity index (χ4v) is 1.66. The van der Waals surface area contributed by atoms with Gasteiger partial charge < -0.3 is 14.5 Å². The lowest BCUT2D eigenvalue weighted by molar-refractivity contribution is 0.0537. The number of benzene rings is 1. The minimum absolute atomic E-state index is 0.647. The van der Waals surface area contributed by atoms with Gasteiger partial charge in [-0.25, -0.2) is 4.98 Å². The summed E-state index contributed by atoms with van der Waals surface area (Å²) in [4.78, 5) is 7.76. The van der Waals surface area contributed by atoms with Crippen LogP contribution >= 0.6 is 0 Å². The number of imidazole rings is 1. The zero-order valence-electron chi connectivity index (χ0n) is 10.1. The first-order chi connectivity index (χ1) is 8.40. The Bertz CT molecular complexity index is 420. The van der Waals surface area contributed by atoms with Crippen LogP contribution in [0.1, 0.15) is 12.7 Å². The highest BCUT2D eigenvalue weighted by atomic mass is 16.5. The van der Waals surface area contributed by atoms with E-state index in [1.807, 2.05) is 31.2 Å². The number of fused-ring (bicyclic) bond motifs is 1. The quantitative estimate of drug-likeness (QED) is 0.747. The van der Waals surface area contributed by atoms with Crippen LogP contribution in [0.5, 0.6) is 0 Å². The molecule has 0 spiro atoms. The van der Waals surface area contributed by atoms with Gasteiger partial charge >= 0.3 is 0 Å². The van der Waals surface area contributed by atoms with Crippen LogP contribution in [0.2, 0.25) is 0 Å². The zero-order chi connectivity index (χ0) is 11.9. The fourth-order valence-electron chi connectivity index (χ4n) is 1.66. The van der Waals surface area contributed by atoms with Gasteiger partial charge in [-0.1, -0.05) is 12.1 Å². The van der Waals surface area contributed by atoms with Crippen molar-refractivity contribution in [2.45, 2.75) is 13.3 Å². The van der Waals surface area contributed by atoms with E-state index in [1.165, 1.54) is 0 Å². The molecule has 4 nitrogen and oxygen atoms in total. The molecule has 17 heavy (non-hydrogen) atoms. The van der Waals surface area contributed by atoms with Crippen molar-refractivity contribution in [3.8, 4) is 0 Å². The molecule has 92 valence electrons. The van der Waals surface area contributed by atoms with Gasteiger partial charge in [0.05, 0.1) is 30.9 Å². The van der Waals surface area contributed by atoms with Crippen LogP contribution in [0.4, 0.5) is 0 Å². The summed E-state index contributed by atoms with van der Waals surface area (Å²) in [5.41, 5.74) is 2.09. The Balaban J connectivity index is 1.75. The highest BCUT2D eigenvalue weighted by Gasteiger charge is 2.01. The van der Waals surface area contributed by atoms with Gasteiger partial charge in [0.15, 0.2) is 0 Å². The van der Waals surface area contributed by atoms with Crippen LogP contribution < -0.4 is 0 Å². The molecule has 0 radical (unpaired) electrons. The molecule has 2 rings (SSSR count). The van der Waals surface area contributed by atoms with E-state index in [9.17, 15) is 0 Å². The Morgan fingerprint density at radius 2 is 1.94 bits per heavy atom. The van der Waals surface area contributed by atoms with Crippen LogP contribution in [0.25, 0.3) is 11.0 Å². The summed E-state index contributed by atoms with van der Waals surface area (Å²) >= 11 is 0. The molecule has 0 saturated carbocycles. The standard InChI is InChI=1S/C13H18N2O2/c1-2-16-9-10-17-8-7-13-14-11-5-3-4-6-12(11)15-13/h3-6H,2,7-10H2,1H3,(H,14,15). The first-order valence-corrected chi connectivity index (χ1v) is 5.99. The second kappa shape index (κ2) is 6.37. The molecule has 0 amide bonds. The summed E-state index contributed by atoms with van der Waals surface area (Å²) in [6.07, 6.45) is 0.806. The topological polar surface area (TPSA) is 47.1 Å². The molecule has 0 fully saturated rings. The molecule has 1 aromatic heterocycles. The lowest BCUT2D eigenvalue weighted by Crippen LogP contribution is -2.07. The van der Waals surface area contributed by atoms with Crippen molar-refractivity contribution >= 4 is 11.0 Å². The molecule has 1 N–H and O–H groups in total. The molecule has 0 bridgehead atoms. The lowest BCUT2D eigenvalue weighted by Gasteiger charge is -2.02. The molecule has 0 aliphatic heterocycles. The number of nitrogens with one attached hydrogen (secondary N) is 1. The highest BCUT2D eigenvalue weighted by molar-refractivity contribution is 5.74. The maximum atomic E-state index is 5.45. The first kappa shape index (κ1) is 12.1. The summed E-state index contributed by atoms with van der Waals surface area (Å²) < 4.78 is 10.6. The third-order valence-electron chi connectivity index (χ3n) is 2.50. The Morgan fingerprint density at radius 3 is 2.76 bits per heavy atom. The van der Waals surface area contributed by atoms with Gasteiger partial charge in [0.2, 0.25) is 0 Å². The second-order valence-corrected chi connectivity index (χ2v) is 3.76. The van der Waals surface area contributed by atoms with Crippen LogP contribution in [0.15, 0.2) is 24.3 Å². The Hall–Kier alpha value is -1.39. The predicted molar refractivity (Wildman–Crippen MR) is 67.1 cm³/mol. The van der Waals surface area contributed by atoms with Gasteiger partial charge in [0.1, 0.15) is 5.82 Å². The lowest BCUT2D eigenvalue weighted by atomic mass is 10.3. The van der Waals surface area contributed by atoms with Crippen LogP contribution in [0.3, 0.4) is 0 Å². The fraction of sp³-hybridized carbons (Fsp3) is 0.462. The predicted octanol–water partition coefficient (Wildman–Crippen LogP) is 2.16. The van der Waals surface area contributed by atoms with E-state index in [0.717, 1.165) is 29.9 Å². The third-order valence-corrected chi connectivity index (χ3v) is 2.50. The number of nitrogens with zero attached hydrogens (tertiary/aromatic N) is 1. The van der Waals surface area contributed by atoms with Gasteiger partial charge in [0, 0.05) is 13.0 Å². The van der Waals surface area contributed by atoms with E-state index in [1.54, 1.807) is 0 Å². The largest absolute Gasteiger partial charge is 0.379 e. The second-order valence-electron chi connectivity index (χ2n) is 3.76. The van der Waals surface area contributed by atoms with Crippen LogP contribution in [0, 0.1) is 0 Å². The van der Waals surface area contributed by atoms with E-state index < -0.39 is 0 Å². The number of hydrogen-bond acceptors (Lipinski definition) is 3. The van der Waals surface area contributed by atoms with Gasteiger partial charge in [-0.05, 0) is 19.1 Å². The number of aromatic amines is 1. The first-order valence-electron chi connectivity index (χ1n) is 5.99. The number of rotatable bonds is 7. The van der Waals surface area contributed by atoms with Crippen molar-refractivity contribution in [2.75, 3.05) is 26.4 Å². The van der Waals surface area contributed by atoms with Crippen LogP contribution in [-0.2, 0) is 15.9 Å². The van der Waals surface area contributed by atoms with E-state index in [2.05, 4.69) is 9.97 Å². The summed E-state index contributed by atoms with van der Waals surface area (Å²) in [5.74, 6) is 0.975. The molecule has 0 unspecified atom stereocenters. The summed E-state index contributed by atoms with van der Waals surface area (Å²) in [7, 11) is 0. The van der Waals surface area contributed by atoms with Gasteiger partial charge in [-0.15, -0.1) is 0 Å². The zero-order valence-corrected chi connectivity index (χ0v) is 10.1. The Kier molecular flexibility index (Phi) is 4.53. The van der Waals surface area contributed by atoms with Crippen molar-refractivity contribution in [2.24, 2.45) is 0 Å². The number of hydrogen-bond donors (Lipinski definition) is 1. The van der Waals surface area contributed by atoms with E-state index >= 15 is 0 Å². The number of aromatic nitrogens is 2. The molecule has 0 atom stereocenters. The molecular weight excluding hydrogens is 216 g/mol. The number of ether oxygens (including phenoxy) is 2. The van der Waals surface area contributed by atoms with Gasteiger partial charge in [-0.2, -0.15) is 0 Å². The molecule has 1 heterocycles. The molecule has 0 saturated heterocycles. The van der Waals surface area contributed by atoms with Crippen LogP contribution in [-0.4, -0.2) is 36.4 Å². The maximum Gasteiger partial charge on any atom is 0.109 e. The summed E-state index contributed by atoms with van der Waals surface area (Å²) in [6, 6.07) is 8.03. The maximum absolute atomic E-state index is 5.45. The normalized spacial score (nSPS) is 11.1. The molecular formula is C13H18N2O2. The minimum atomic E-state index is 0.647. The van der Waals surface area contributed by atoms with E-state index in [0.29, 0.717) is 19.8 Å². The monoisotopic (exact) mass is 234 g/mol. The number of H-pyrrole nitrogens is 1.